The van der Waals surface area contributed by atoms with E-state index in [4.69, 9.17) is 16.3 Å². The molecule has 1 saturated carbocycles. The third-order valence-corrected chi connectivity index (χ3v) is 8.61. The first kappa shape index (κ1) is 27.2. The summed E-state index contributed by atoms with van der Waals surface area (Å²) in [4.78, 5) is 0. The molecule has 0 radical (unpaired) electrons. The van der Waals surface area contributed by atoms with Gasteiger partial charge in [0.1, 0.15) is 12.4 Å². The molecule has 6 nitrogen and oxygen atoms in total. The Morgan fingerprint density at radius 2 is 1.91 bits per heavy atom. The maximum absolute atomic E-state index is 12.1. The Bertz CT molecular complexity index is 1080. The topological polar surface area (TPSA) is 87.7 Å². The first-order valence-electron chi connectivity index (χ1n) is 11.5. The molecule has 34 heavy (non-hydrogen) atoms. The summed E-state index contributed by atoms with van der Waals surface area (Å²) in [5, 5.41) is 14.3. The fourth-order valence-corrected chi connectivity index (χ4v) is 6.63. The Morgan fingerprint density at radius 1 is 1.21 bits per heavy atom. The molecule has 0 amide bonds. The predicted molar refractivity (Wildman–Crippen MR) is 139 cm³/mol. The molecule has 1 fully saturated rings. The predicted octanol–water partition coefficient (Wildman–Crippen LogP) is 4.14. The number of ether oxygens (including phenoxy) is 1. The molecule has 0 aromatic heterocycles. The van der Waals surface area contributed by atoms with E-state index in [-0.39, 0.29) is 42.8 Å². The zero-order valence-corrected chi connectivity index (χ0v) is 22.0. The lowest BCUT2D eigenvalue weighted by atomic mass is 9.58. The van der Waals surface area contributed by atoms with Crippen molar-refractivity contribution in [1.29, 1.82) is 0 Å². The molecule has 2 aromatic rings. The zero-order valence-electron chi connectivity index (χ0n) is 19.6. The van der Waals surface area contributed by atoms with E-state index in [0.29, 0.717) is 0 Å². The van der Waals surface area contributed by atoms with Crippen molar-refractivity contribution in [2.24, 2.45) is 0 Å². The minimum Gasteiger partial charge on any atom is -0.492 e. The van der Waals surface area contributed by atoms with Crippen LogP contribution in [-0.4, -0.2) is 44.6 Å². The van der Waals surface area contributed by atoms with Gasteiger partial charge in [-0.15, -0.1) is 12.4 Å². The Balaban J connectivity index is 0.00000324. The maximum Gasteiger partial charge on any atom is 0.214 e. The van der Waals surface area contributed by atoms with Crippen LogP contribution in [0.4, 0.5) is 0 Å². The third-order valence-electron chi connectivity index (χ3n) is 6.62. The smallest absolute Gasteiger partial charge is 0.214 e. The van der Waals surface area contributed by atoms with Gasteiger partial charge in [-0.05, 0) is 80.6 Å². The van der Waals surface area contributed by atoms with E-state index >= 15 is 0 Å². The molecule has 3 N–H and O–H groups in total. The Morgan fingerprint density at radius 3 is 2.53 bits per heavy atom. The number of halogens is 2. The summed E-state index contributed by atoms with van der Waals surface area (Å²) >= 11 is 6.14. The van der Waals surface area contributed by atoms with Gasteiger partial charge in [0.25, 0.3) is 0 Å². The fraction of sp³-hybridized carbons (Fsp3) is 0.520. The monoisotopic (exact) mass is 528 g/mol. The van der Waals surface area contributed by atoms with Crippen LogP contribution in [0.15, 0.2) is 42.5 Å². The van der Waals surface area contributed by atoms with Crippen LogP contribution in [0, 0.1) is 0 Å². The maximum atomic E-state index is 12.1. The van der Waals surface area contributed by atoms with Crippen LogP contribution in [0.3, 0.4) is 0 Å². The van der Waals surface area contributed by atoms with Gasteiger partial charge in [0.05, 0.1) is 11.4 Å². The molecule has 9 heteroatoms. The summed E-state index contributed by atoms with van der Waals surface area (Å²) in [5.41, 5.74) is 2.67. The fourth-order valence-electron chi connectivity index (χ4n) is 5.08. The van der Waals surface area contributed by atoms with Crippen molar-refractivity contribution in [3.8, 4) is 5.75 Å². The zero-order chi connectivity index (χ0) is 23.7. The van der Waals surface area contributed by atoms with Crippen molar-refractivity contribution in [2.75, 3.05) is 25.4 Å². The number of sulfonamides is 1. The van der Waals surface area contributed by atoms with Gasteiger partial charge in [-0.25, -0.2) is 13.1 Å². The van der Waals surface area contributed by atoms with Gasteiger partial charge in [0.2, 0.25) is 10.0 Å². The van der Waals surface area contributed by atoms with Gasteiger partial charge in [0, 0.05) is 23.0 Å². The van der Waals surface area contributed by atoms with Crippen molar-refractivity contribution in [1.82, 2.24) is 10.0 Å². The molecule has 1 aliphatic carbocycles. The minimum atomic E-state index is -3.57. The molecule has 0 saturated heterocycles. The van der Waals surface area contributed by atoms with Crippen molar-refractivity contribution in [3.05, 3.63) is 64.2 Å². The molecule has 2 aromatic carbocycles. The number of nitrogens with one attached hydrogen (secondary N) is 2. The quantitative estimate of drug-likeness (QED) is 0.425. The van der Waals surface area contributed by atoms with E-state index in [2.05, 4.69) is 34.3 Å². The highest BCUT2D eigenvalue weighted by Gasteiger charge is 2.47. The number of benzene rings is 2. The Labute approximate surface area is 213 Å². The first-order chi connectivity index (χ1) is 15.6. The SMILES string of the molecule is CC(C)(O)CS(=O)(=O)NCCOc1ccc2c(c1)C(C1(c3ccc(Cl)cc3)CCC1)NCC2.Cl. The van der Waals surface area contributed by atoms with Crippen LogP contribution < -0.4 is 14.8 Å². The second kappa shape index (κ2) is 10.7. The summed E-state index contributed by atoms with van der Waals surface area (Å²) in [6.45, 7) is 4.24. The van der Waals surface area contributed by atoms with Crippen LogP contribution in [-0.2, 0) is 21.9 Å². The standard InChI is InChI=1S/C25H33ClN2O4S.ClH/c1-24(2,29)17-33(30,31)28-14-15-32-21-9-4-18-10-13-27-23(22(18)16-21)25(11-3-12-25)19-5-7-20(26)8-6-19;/h4-9,16,23,27-29H,3,10-15,17H2,1-2H3;1H. The second-order valence-electron chi connectivity index (χ2n) is 9.83. The first-order valence-corrected chi connectivity index (χ1v) is 13.6. The highest BCUT2D eigenvalue weighted by molar-refractivity contribution is 7.89. The van der Waals surface area contributed by atoms with E-state index in [1.165, 1.54) is 37.0 Å². The summed E-state index contributed by atoms with van der Waals surface area (Å²) in [5.74, 6) is 0.383. The lowest BCUT2D eigenvalue weighted by molar-refractivity contribution is 0.104. The van der Waals surface area contributed by atoms with Crippen molar-refractivity contribution < 1.29 is 18.3 Å². The van der Waals surface area contributed by atoms with Gasteiger partial charge in [-0.1, -0.05) is 36.2 Å². The highest BCUT2D eigenvalue weighted by Crippen LogP contribution is 2.53. The highest BCUT2D eigenvalue weighted by atomic mass is 35.5. The van der Waals surface area contributed by atoms with Crippen LogP contribution in [0.25, 0.3) is 0 Å². The Kier molecular flexibility index (Phi) is 8.59. The molecular weight excluding hydrogens is 495 g/mol. The molecule has 4 rings (SSSR count). The largest absolute Gasteiger partial charge is 0.492 e. The molecule has 0 bridgehead atoms. The van der Waals surface area contributed by atoms with Crippen LogP contribution in [0.1, 0.15) is 55.8 Å². The van der Waals surface area contributed by atoms with E-state index < -0.39 is 15.6 Å². The van der Waals surface area contributed by atoms with Gasteiger partial charge in [-0.3, -0.25) is 0 Å². The second-order valence-corrected chi connectivity index (χ2v) is 12.1. The van der Waals surface area contributed by atoms with Crippen LogP contribution >= 0.6 is 24.0 Å². The summed E-state index contributed by atoms with van der Waals surface area (Å²) in [6, 6.07) is 14.6. The number of fused-ring (bicyclic) bond motifs is 1. The molecule has 2 aliphatic rings. The number of hydrogen-bond acceptors (Lipinski definition) is 5. The van der Waals surface area contributed by atoms with E-state index in [0.717, 1.165) is 36.6 Å². The van der Waals surface area contributed by atoms with Crippen LogP contribution in [0.2, 0.25) is 5.02 Å². The summed E-state index contributed by atoms with van der Waals surface area (Å²) in [7, 11) is -3.57. The van der Waals surface area contributed by atoms with Crippen molar-refractivity contribution >= 4 is 34.0 Å². The molecule has 1 aliphatic heterocycles. The van der Waals surface area contributed by atoms with E-state index in [9.17, 15) is 13.5 Å². The van der Waals surface area contributed by atoms with Crippen molar-refractivity contribution in [2.45, 2.75) is 56.6 Å². The molecule has 188 valence electrons. The molecule has 1 unspecified atom stereocenters. The lowest BCUT2D eigenvalue weighted by Gasteiger charge is -2.50. The minimum absolute atomic E-state index is 0. The van der Waals surface area contributed by atoms with Gasteiger partial charge in [-0.2, -0.15) is 0 Å². The number of hydrogen-bond donors (Lipinski definition) is 3. The molecule has 1 heterocycles. The molecule has 1 atom stereocenters. The summed E-state index contributed by atoms with van der Waals surface area (Å²) < 4.78 is 32.5. The van der Waals surface area contributed by atoms with Gasteiger partial charge >= 0.3 is 0 Å². The Hall–Kier alpha value is -1.35. The third kappa shape index (κ3) is 6.25. The average Bonchev–Trinajstić information content (AvgIpc) is 2.70. The normalized spacial score (nSPS) is 19.5. The van der Waals surface area contributed by atoms with E-state index in [1.807, 2.05) is 18.2 Å². The van der Waals surface area contributed by atoms with Crippen molar-refractivity contribution in [3.63, 3.8) is 0 Å². The van der Waals surface area contributed by atoms with Gasteiger partial charge < -0.3 is 15.2 Å². The molecular formula is C25H34Cl2N2O4S. The summed E-state index contributed by atoms with van der Waals surface area (Å²) in [6.07, 6.45) is 4.43. The van der Waals surface area contributed by atoms with Gasteiger partial charge in [0.15, 0.2) is 0 Å². The van der Waals surface area contributed by atoms with E-state index in [1.54, 1.807) is 0 Å². The molecule has 0 spiro atoms. The van der Waals surface area contributed by atoms with Crippen LogP contribution in [0.5, 0.6) is 5.75 Å². The lowest BCUT2D eigenvalue weighted by Crippen LogP contribution is -2.49. The average molecular weight is 530 g/mol. The number of aliphatic hydroxyl groups is 1. The number of rotatable bonds is 9.